The number of halogens is 2. The standard InChI is InChI=1S/C16H14Cl2N2O3/c1-2-23-15-7-10(3-6-14(15)21)9-19-20-16(22)12-5-4-11(17)8-13(12)18/h3-9,21H,2H2,1H3,(H,20,22)/b19-9-. The molecular weight excluding hydrogens is 339 g/mol. The highest BCUT2D eigenvalue weighted by Gasteiger charge is 2.09. The minimum atomic E-state index is -0.452. The van der Waals surface area contributed by atoms with E-state index < -0.39 is 5.91 Å². The van der Waals surface area contributed by atoms with Gasteiger partial charge in [-0.2, -0.15) is 5.10 Å². The lowest BCUT2D eigenvalue weighted by molar-refractivity contribution is 0.0955. The van der Waals surface area contributed by atoms with Crippen LogP contribution in [0.3, 0.4) is 0 Å². The van der Waals surface area contributed by atoms with Gasteiger partial charge in [0.2, 0.25) is 0 Å². The number of amides is 1. The molecule has 0 saturated heterocycles. The Hall–Kier alpha value is -2.24. The molecule has 2 N–H and O–H groups in total. The van der Waals surface area contributed by atoms with E-state index in [2.05, 4.69) is 10.5 Å². The molecule has 7 heteroatoms. The Kier molecular flexibility index (Phi) is 5.84. The number of benzene rings is 2. The van der Waals surface area contributed by atoms with Crippen molar-refractivity contribution in [3.63, 3.8) is 0 Å². The molecule has 0 bridgehead atoms. The van der Waals surface area contributed by atoms with Gasteiger partial charge in [0.25, 0.3) is 5.91 Å². The van der Waals surface area contributed by atoms with Gasteiger partial charge in [0, 0.05) is 5.02 Å². The molecule has 0 spiro atoms. The summed E-state index contributed by atoms with van der Waals surface area (Å²) in [6, 6.07) is 9.32. The van der Waals surface area contributed by atoms with Crippen LogP contribution in [-0.4, -0.2) is 23.8 Å². The van der Waals surface area contributed by atoms with Crippen LogP contribution in [0.1, 0.15) is 22.8 Å². The summed E-state index contributed by atoms with van der Waals surface area (Å²) in [5.41, 5.74) is 3.31. The molecule has 120 valence electrons. The number of aromatic hydroxyl groups is 1. The third-order valence-electron chi connectivity index (χ3n) is 2.84. The van der Waals surface area contributed by atoms with E-state index in [1.54, 1.807) is 18.2 Å². The van der Waals surface area contributed by atoms with Crippen molar-refractivity contribution in [3.8, 4) is 11.5 Å². The summed E-state index contributed by atoms with van der Waals surface area (Å²) in [6.07, 6.45) is 1.43. The molecule has 0 unspecified atom stereocenters. The van der Waals surface area contributed by atoms with Crippen molar-refractivity contribution in [1.29, 1.82) is 0 Å². The molecule has 0 saturated carbocycles. The quantitative estimate of drug-likeness (QED) is 0.633. The molecule has 0 radical (unpaired) electrons. The van der Waals surface area contributed by atoms with E-state index in [0.717, 1.165) is 0 Å². The highest BCUT2D eigenvalue weighted by Crippen LogP contribution is 2.26. The minimum Gasteiger partial charge on any atom is -0.504 e. The van der Waals surface area contributed by atoms with Crippen LogP contribution in [-0.2, 0) is 0 Å². The van der Waals surface area contributed by atoms with Crippen molar-refractivity contribution < 1.29 is 14.6 Å². The predicted octanol–water partition coefficient (Wildman–Crippen LogP) is 3.86. The summed E-state index contributed by atoms with van der Waals surface area (Å²) < 4.78 is 5.27. The molecule has 23 heavy (non-hydrogen) atoms. The van der Waals surface area contributed by atoms with Crippen LogP contribution in [0.15, 0.2) is 41.5 Å². The number of hydrogen-bond donors (Lipinski definition) is 2. The fraction of sp³-hybridized carbons (Fsp3) is 0.125. The minimum absolute atomic E-state index is 0.0426. The molecule has 2 aromatic carbocycles. The molecule has 2 rings (SSSR count). The Morgan fingerprint density at radius 1 is 1.30 bits per heavy atom. The van der Waals surface area contributed by atoms with Gasteiger partial charge in [0.1, 0.15) is 0 Å². The van der Waals surface area contributed by atoms with Gasteiger partial charge in [0.05, 0.1) is 23.4 Å². The van der Waals surface area contributed by atoms with Gasteiger partial charge in [-0.05, 0) is 48.9 Å². The van der Waals surface area contributed by atoms with Crippen molar-refractivity contribution in [1.82, 2.24) is 5.43 Å². The first-order chi connectivity index (χ1) is 11.0. The maximum absolute atomic E-state index is 12.0. The number of hydrazone groups is 1. The predicted molar refractivity (Wildman–Crippen MR) is 90.8 cm³/mol. The molecule has 1 amide bonds. The number of hydrogen-bond acceptors (Lipinski definition) is 4. The van der Waals surface area contributed by atoms with Crippen LogP contribution in [0.25, 0.3) is 0 Å². The Balaban J connectivity index is 2.06. The van der Waals surface area contributed by atoms with E-state index in [9.17, 15) is 9.90 Å². The summed E-state index contributed by atoms with van der Waals surface area (Å²) in [4.78, 5) is 12.0. The molecule has 0 atom stereocenters. The number of phenols is 1. The van der Waals surface area contributed by atoms with E-state index in [4.69, 9.17) is 27.9 Å². The number of ether oxygens (including phenoxy) is 1. The third kappa shape index (κ3) is 4.61. The van der Waals surface area contributed by atoms with Gasteiger partial charge in [-0.3, -0.25) is 4.79 Å². The molecule has 0 aliphatic heterocycles. The number of phenolic OH excluding ortho intramolecular Hbond substituents is 1. The van der Waals surface area contributed by atoms with E-state index in [0.29, 0.717) is 22.9 Å². The zero-order valence-electron chi connectivity index (χ0n) is 12.2. The lowest BCUT2D eigenvalue weighted by Gasteiger charge is -2.06. The molecule has 0 heterocycles. The number of carbonyl (C=O) groups excluding carboxylic acids is 1. The van der Waals surface area contributed by atoms with Gasteiger partial charge >= 0.3 is 0 Å². The fourth-order valence-electron chi connectivity index (χ4n) is 1.78. The third-order valence-corrected chi connectivity index (χ3v) is 3.39. The summed E-state index contributed by atoms with van der Waals surface area (Å²) in [6.45, 7) is 2.25. The fourth-order valence-corrected chi connectivity index (χ4v) is 2.28. The first kappa shape index (κ1) is 17.1. The van der Waals surface area contributed by atoms with Gasteiger partial charge in [0.15, 0.2) is 11.5 Å². The van der Waals surface area contributed by atoms with Crippen molar-refractivity contribution in [2.45, 2.75) is 6.92 Å². The average molecular weight is 353 g/mol. The lowest BCUT2D eigenvalue weighted by Crippen LogP contribution is -2.18. The number of carbonyl (C=O) groups is 1. The van der Waals surface area contributed by atoms with Crippen molar-refractivity contribution in [3.05, 3.63) is 57.6 Å². The van der Waals surface area contributed by atoms with Gasteiger partial charge in [-0.25, -0.2) is 5.43 Å². The summed E-state index contributed by atoms with van der Waals surface area (Å²) >= 11 is 11.7. The summed E-state index contributed by atoms with van der Waals surface area (Å²) in [5, 5.41) is 14.2. The van der Waals surface area contributed by atoms with E-state index in [1.165, 1.54) is 24.4 Å². The number of rotatable bonds is 5. The molecule has 0 aromatic heterocycles. The summed E-state index contributed by atoms with van der Waals surface area (Å²) in [7, 11) is 0. The topological polar surface area (TPSA) is 70.9 Å². The normalized spacial score (nSPS) is 10.7. The van der Waals surface area contributed by atoms with Gasteiger partial charge in [-0.1, -0.05) is 23.2 Å². The molecular formula is C16H14Cl2N2O3. The van der Waals surface area contributed by atoms with Crippen LogP contribution in [0.4, 0.5) is 0 Å². The second-order valence-corrected chi connectivity index (χ2v) is 5.33. The highest BCUT2D eigenvalue weighted by atomic mass is 35.5. The Bertz CT molecular complexity index is 748. The zero-order valence-corrected chi connectivity index (χ0v) is 13.7. The van der Waals surface area contributed by atoms with Crippen molar-refractivity contribution >= 4 is 35.3 Å². The van der Waals surface area contributed by atoms with E-state index in [1.807, 2.05) is 6.92 Å². The maximum atomic E-state index is 12.0. The molecule has 0 fully saturated rings. The van der Waals surface area contributed by atoms with E-state index in [-0.39, 0.29) is 16.3 Å². The van der Waals surface area contributed by atoms with Crippen LogP contribution in [0.5, 0.6) is 11.5 Å². The molecule has 2 aromatic rings. The van der Waals surface area contributed by atoms with Crippen LogP contribution >= 0.6 is 23.2 Å². The largest absolute Gasteiger partial charge is 0.504 e. The SMILES string of the molecule is CCOc1cc(/C=N\NC(=O)c2ccc(Cl)cc2Cl)ccc1O. The Labute approximate surface area is 143 Å². The van der Waals surface area contributed by atoms with Gasteiger partial charge < -0.3 is 9.84 Å². The Morgan fingerprint density at radius 3 is 2.78 bits per heavy atom. The maximum Gasteiger partial charge on any atom is 0.272 e. The zero-order chi connectivity index (χ0) is 16.8. The average Bonchev–Trinajstić information content (AvgIpc) is 2.50. The lowest BCUT2D eigenvalue weighted by atomic mass is 10.2. The number of nitrogens with zero attached hydrogens (tertiary/aromatic N) is 1. The number of nitrogens with one attached hydrogen (secondary N) is 1. The highest BCUT2D eigenvalue weighted by molar-refractivity contribution is 6.36. The van der Waals surface area contributed by atoms with E-state index >= 15 is 0 Å². The van der Waals surface area contributed by atoms with Crippen LogP contribution in [0, 0.1) is 0 Å². The van der Waals surface area contributed by atoms with Gasteiger partial charge in [-0.15, -0.1) is 0 Å². The smallest absolute Gasteiger partial charge is 0.272 e. The molecule has 5 nitrogen and oxygen atoms in total. The first-order valence-corrected chi connectivity index (χ1v) is 7.51. The first-order valence-electron chi connectivity index (χ1n) is 6.75. The van der Waals surface area contributed by atoms with Crippen molar-refractivity contribution in [2.24, 2.45) is 5.10 Å². The van der Waals surface area contributed by atoms with Crippen LogP contribution in [0.2, 0.25) is 10.0 Å². The Morgan fingerprint density at radius 2 is 2.09 bits per heavy atom. The second kappa shape index (κ2) is 7.85. The second-order valence-electron chi connectivity index (χ2n) is 4.48. The molecule has 0 aliphatic carbocycles. The molecule has 0 aliphatic rings. The summed E-state index contributed by atoms with van der Waals surface area (Å²) in [5.74, 6) is -0.0590. The monoisotopic (exact) mass is 352 g/mol. The van der Waals surface area contributed by atoms with Crippen LogP contribution < -0.4 is 10.2 Å². The van der Waals surface area contributed by atoms with Crippen molar-refractivity contribution in [2.75, 3.05) is 6.61 Å².